The Bertz CT molecular complexity index is 401. The molecule has 1 heterocycles. The number of ether oxygens (including phenoxy) is 1. The zero-order valence-corrected chi connectivity index (χ0v) is 10.5. The predicted octanol–water partition coefficient (Wildman–Crippen LogP) is -0.0626. The zero-order chi connectivity index (χ0) is 13.0. The smallest absolute Gasteiger partial charge is 0.269 e. The zero-order valence-electron chi connectivity index (χ0n) is 10.5. The average molecular weight is 253 g/mol. The molecule has 0 aliphatic heterocycles. The van der Waals surface area contributed by atoms with Gasteiger partial charge >= 0.3 is 0 Å². The number of aliphatic hydroxyl groups excluding tert-OH is 1. The van der Waals surface area contributed by atoms with Gasteiger partial charge in [-0.15, -0.1) is 0 Å². The van der Waals surface area contributed by atoms with E-state index in [-0.39, 0.29) is 19.1 Å². The second-order valence-corrected chi connectivity index (χ2v) is 4.68. The molecular formula is C12H19N3O3. The minimum Gasteiger partial charge on any atom is -0.389 e. The number of amides is 1. The first-order valence-corrected chi connectivity index (χ1v) is 6.19. The van der Waals surface area contributed by atoms with Crippen LogP contribution in [0.15, 0.2) is 12.3 Å². The van der Waals surface area contributed by atoms with Crippen LogP contribution in [0.1, 0.15) is 23.3 Å². The van der Waals surface area contributed by atoms with Crippen LogP contribution in [-0.2, 0) is 11.8 Å². The van der Waals surface area contributed by atoms with Crippen molar-refractivity contribution in [1.29, 1.82) is 0 Å². The molecule has 0 bridgehead atoms. The highest BCUT2D eigenvalue weighted by atomic mass is 16.5. The highest BCUT2D eigenvalue weighted by molar-refractivity contribution is 5.92. The van der Waals surface area contributed by atoms with Crippen molar-refractivity contribution >= 4 is 5.91 Å². The van der Waals surface area contributed by atoms with Crippen LogP contribution >= 0.6 is 0 Å². The molecule has 1 aromatic rings. The van der Waals surface area contributed by atoms with Crippen LogP contribution in [0, 0.1) is 5.92 Å². The molecule has 1 aliphatic rings. The van der Waals surface area contributed by atoms with Crippen LogP contribution in [0.4, 0.5) is 0 Å². The summed E-state index contributed by atoms with van der Waals surface area (Å²) in [5.41, 5.74) is 0.473. The number of aliphatic hydroxyl groups is 1. The first-order valence-electron chi connectivity index (χ1n) is 6.19. The van der Waals surface area contributed by atoms with Gasteiger partial charge in [-0.05, 0) is 24.8 Å². The summed E-state index contributed by atoms with van der Waals surface area (Å²) >= 11 is 0. The number of nitrogens with zero attached hydrogens (tertiary/aromatic N) is 2. The molecule has 1 fully saturated rings. The quantitative estimate of drug-likeness (QED) is 0.713. The molecule has 2 N–H and O–H groups in total. The Hall–Kier alpha value is -1.40. The fourth-order valence-electron chi connectivity index (χ4n) is 1.61. The lowest BCUT2D eigenvalue weighted by Gasteiger charge is -2.12. The van der Waals surface area contributed by atoms with E-state index in [1.165, 1.54) is 17.5 Å². The summed E-state index contributed by atoms with van der Waals surface area (Å²) < 4.78 is 6.84. The van der Waals surface area contributed by atoms with Gasteiger partial charge in [-0.1, -0.05) is 0 Å². The SMILES string of the molecule is Cn1nccc1C(=O)NCC(O)COCC1CC1. The summed E-state index contributed by atoms with van der Waals surface area (Å²) in [6.45, 7) is 1.17. The van der Waals surface area contributed by atoms with Gasteiger partial charge in [0.2, 0.25) is 0 Å². The van der Waals surface area contributed by atoms with Crippen molar-refractivity contribution in [2.24, 2.45) is 13.0 Å². The molecule has 1 aliphatic carbocycles. The summed E-state index contributed by atoms with van der Waals surface area (Å²) in [7, 11) is 1.70. The molecule has 2 rings (SSSR count). The van der Waals surface area contributed by atoms with Crippen molar-refractivity contribution < 1.29 is 14.6 Å². The molecule has 1 unspecified atom stereocenters. The summed E-state index contributed by atoms with van der Waals surface area (Å²) in [5.74, 6) is 0.442. The van der Waals surface area contributed by atoms with Crippen LogP contribution < -0.4 is 5.32 Å². The van der Waals surface area contributed by atoms with Crippen molar-refractivity contribution in [2.45, 2.75) is 18.9 Å². The largest absolute Gasteiger partial charge is 0.389 e. The van der Waals surface area contributed by atoms with Gasteiger partial charge in [-0.3, -0.25) is 9.48 Å². The third kappa shape index (κ3) is 3.82. The predicted molar refractivity (Wildman–Crippen MR) is 65.1 cm³/mol. The topological polar surface area (TPSA) is 76.4 Å². The molecule has 1 saturated carbocycles. The highest BCUT2D eigenvalue weighted by Crippen LogP contribution is 2.28. The Kier molecular flexibility index (Phi) is 4.33. The summed E-state index contributed by atoms with van der Waals surface area (Å²) in [4.78, 5) is 11.7. The number of nitrogens with one attached hydrogen (secondary N) is 1. The van der Waals surface area contributed by atoms with Crippen LogP contribution in [0.2, 0.25) is 0 Å². The summed E-state index contributed by atoms with van der Waals surface area (Å²) in [6.07, 6.45) is 3.35. The van der Waals surface area contributed by atoms with Gasteiger partial charge in [0.05, 0.1) is 12.7 Å². The van der Waals surface area contributed by atoms with E-state index in [1.54, 1.807) is 19.3 Å². The van der Waals surface area contributed by atoms with Crippen LogP contribution in [0.25, 0.3) is 0 Å². The van der Waals surface area contributed by atoms with Gasteiger partial charge in [0, 0.05) is 26.4 Å². The number of hydrogen-bond donors (Lipinski definition) is 2. The highest BCUT2D eigenvalue weighted by Gasteiger charge is 2.21. The van der Waals surface area contributed by atoms with E-state index in [2.05, 4.69) is 10.4 Å². The lowest BCUT2D eigenvalue weighted by molar-refractivity contribution is 0.0320. The molecular weight excluding hydrogens is 234 g/mol. The van der Waals surface area contributed by atoms with Crippen LogP contribution in [0.5, 0.6) is 0 Å². The van der Waals surface area contributed by atoms with Gasteiger partial charge in [-0.25, -0.2) is 0 Å². The normalized spacial score (nSPS) is 16.6. The fourth-order valence-corrected chi connectivity index (χ4v) is 1.61. The Labute approximate surface area is 106 Å². The van der Waals surface area contributed by atoms with Gasteiger partial charge < -0.3 is 15.2 Å². The number of aromatic nitrogens is 2. The Balaban J connectivity index is 1.63. The lowest BCUT2D eigenvalue weighted by atomic mass is 10.3. The van der Waals surface area contributed by atoms with Crippen molar-refractivity contribution in [3.63, 3.8) is 0 Å². The van der Waals surface area contributed by atoms with Gasteiger partial charge in [0.15, 0.2) is 0 Å². The van der Waals surface area contributed by atoms with E-state index >= 15 is 0 Å². The van der Waals surface area contributed by atoms with Gasteiger partial charge in [0.25, 0.3) is 5.91 Å². The lowest BCUT2D eigenvalue weighted by Crippen LogP contribution is -2.35. The maximum Gasteiger partial charge on any atom is 0.269 e. The Morgan fingerprint density at radius 2 is 2.50 bits per heavy atom. The van der Waals surface area contributed by atoms with E-state index < -0.39 is 6.10 Å². The van der Waals surface area contributed by atoms with Crippen molar-refractivity contribution in [3.8, 4) is 0 Å². The van der Waals surface area contributed by atoms with Crippen molar-refractivity contribution in [1.82, 2.24) is 15.1 Å². The molecule has 0 spiro atoms. The molecule has 0 saturated heterocycles. The van der Waals surface area contributed by atoms with E-state index in [0.29, 0.717) is 18.2 Å². The van der Waals surface area contributed by atoms with Crippen molar-refractivity contribution in [2.75, 3.05) is 19.8 Å². The van der Waals surface area contributed by atoms with E-state index in [9.17, 15) is 9.90 Å². The number of rotatable bonds is 7. The fraction of sp³-hybridized carbons (Fsp3) is 0.667. The number of hydrogen-bond acceptors (Lipinski definition) is 4. The maximum atomic E-state index is 11.7. The second kappa shape index (κ2) is 5.97. The second-order valence-electron chi connectivity index (χ2n) is 4.68. The van der Waals surface area contributed by atoms with Gasteiger partial charge in [0.1, 0.15) is 5.69 Å². The Morgan fingerprint density at radius 3 is 3.11 bits per heavy atom. The molecule has 1 aromatic heterocycles. The summed E-state index contributed by atoms with van der Waals surface area (Å²) in [5, 5.41) is 16.2. The number of carbonyl (C=O) groups excluding carboxylic acids is 1. The monoisotopic (exact) mass is 253 g/mol. The van der Waals surface area contributed by atoms with Gasteiger partial charge in [-0.2, -0.15) is 5.10 Å². The van der Waals surface area contributed by atoms with Crippen molar-refractivity contribution in [3.05, 3.63) is 18.0 Å². The molecule has 1 amide bonds. The molecule has 100 valence electrons. The molecule has 6 nitrogen and oxygen atoms in total. The first kappa shape index (κ1) is 13.0. The Morgan fingerprint density at radius 1 is 1.72 bits per heavy atom. The van der Waals surface area contributed by atoms with E-state index in [1.807, 2.05) is 0 Å². The molecule has 6 heteroatoms. The molecule has 0 radical (unpaired) electrons. The number of aryl methyl sites for hydroxylation is 1. The van der Waals surface area contributed by atoms with E-state index in [0.717, 1.165) is 0 Å². The van der Waals surface area contributed by atoms with Crippen LogP contribution in [-0.4, -0.2) is 46.7 Å². The minimum absolute atomic E-state index is 0.189. The maximum absolute atomic E-state index is 11.7. The molecule has 1 atom stereocenters. The third-order valence-corrected chi connectivity index (χ3v) is 2.91. The standard InChI is InChI=1S/C12H19N3O3/c1-15-11(4-5-14-15)12(17)13-6-10(16)8-18-7-9-2-3-9/h4-5,9-10,16H,2-3,6-8H2,1H3,(H,13,17). The summed E-state index contributed by atoms with van der Waals surface area (Å²) in [6, 6.07) is 1.63. The van der Waals surface area contributed by atoms with E-state index in [4.69, 9.17) is 4.74 Å². The first-order chi connectivity index (χ1) is 8.66. The van der Waals surface area contributed by atoms with Crippen LogP contribution in [0.3, 0.4) is 0 Å². The number of carbonyl (C=O) groups is 1. The molecule has 0 aromatic carbocycles. The third-order valence-electron chi connectivity index (χ3n) is 2.91. The minimum atomic E-state index is -0.666. The average Bonchev–Trinajstić information content (AvgIpc) is 3.07. The molecule has 18 heavy (non-hydrogen) atoms.